The van der Waals surface area contributed by atoms with Crippen LogP contribution in [-0.4, -0.2) is 59.1 Å². The van der Waals surface area contributed by atoms with Crippen LogP contribution in [0.15, 0.2) is 106 Å². The molecule has 2 saturated heterocycles. The van der Waals surface area contributed by atoms with Gasteiger partial charge in [-0.05, 0) is 198 Å². The number of aromatic nitrogens is 4. The van der Waals surface area contributed by atoms with Crippen molar-refractivity contribution in [3.8, 4) is 11.5 Å². The SMILES string of the molecule is Cc1ccc2c(c1)C(I)=NC2.Cc1ccc2c(c1)C=NC2.Cc1ccc2c(c1)c(I)nn2C1CCCCO1.Oc1ccc2c(c1)C=NC2.Oc1ccc2c(c1)c(I)nn2C1CCCCO1. The number of benzene rings is 5. The average Bonchev–Trinajstić information content (AvgIpc) is 4.17. The third-order valence-electron chi connectivity index (χ3n) is 11.6. The number of hydrogen-bond acceptors (Lipinski definition) is 9. The number of nitrogens with zero attached hydrogens (tertiary/aromatic N) is 7. The minimum atomic E-state index is 0.0410. The van der Waals surface area contributed by atoms with Gasteiger partial charge in [-0.2, -0.15) is 10.2 Å². The van der Waals surface area contributed by atoms with Crippen LogP contribution >= 0.6 is 67.8 Å². The minimum Gasteiger partial charge on any atom is -0.508 e. The monoisotopic (exact) mass is 1210 g/mol. The molecule has 7 aromatic rings. The van der Waals surface area contributed by atoms with Crippen molar-refractivity contribution in [2.75, 3.05) is 13.2 Å². The van der Waals surface area contributed by atoms with E-state index in [9.17, 15) is 5.11 Å². The van der Waals surface area contributed by atoms with Crippen LogP contribution in [0.4, 0.5) is 0 Å². The molecule has 7 heterocycles. The van der Waals surface area contributed by atoms with E-state index in [-0.39, 0.29) is 18.2 Å². The smallest absolute Gasteiger partial charge is 0.150 e. The molecule has 11 nitrogen and oxygen atoms in total. The van der Waals surface area contributed by atoms with Gasteiger partial charge in [-0.15, -0.1) is 0 Å². The second kappa shape index (κ2) is 22.0. The molecule has 5 aliphatic rings. The number of rotatable bonds is 2. The Morgan fingerprint density at radius 1 is 0.538 bits per heavy atom. The predicted molar refractivity (Wildman–Crippen MR) is 286 cm³/mol. The van der Waals surface area contributed by atoms with Gasteiger partial charge in [-0.1, -0.05) is 59.2 Å². The lowest BCUT2D eigenvalue weighted by Crippen LogP contribution is -2.19. The van der Waals surface area contributed by atoms with E-state index in [1.54, 1.807) is 30.5 Å². The molecular weight excluding hydrogens is 1160 g/mol. The van der Waals surface area contributed by atoms with Gasteiger partial charge >= 0.3 is 0 Å². The molecule has 12 rings (SSSR count). The number of aryl methyl sites for hydroxylation is 3. The van der Waals surface area contributed by atoms with Crippen molar-refractivity contribution in [3.05, 3.63) is 148 Å². The summed E-state index contributed by atoms with van der Waals surface area (Å²) in [5.74, 6) is 0.589. The topological polar surface area (TPSA) is 132 Å². The highest BCUT2D eigenvalue weighted by atomic mass is 127. The van der Waals surface area contributed by atoms with Gasteiger partial charge < -0.3 is 19.7 Å². The normalized spacial score (nSPS) is 17.6. The van der Waals surface area contributed by atoms with E-state index in [4.69, 9.17) is 14.6 Å². The lowest BCUT2D eigenvalue weighted by Gasteiger charge is -2.23. The first kappa shape index (κ1) is 47.3. The number of hydrogen-bond donors (Lipinski definition) is 2. The largest absolute Gasteiger partial charge is 0.508 e. The summed E-state index contributed by atoms with van der Waals surface area (Å²) in [7, 11) is 0. The van der Waals surface area contributed by atoms with Crippen LogP contribution in [0.5, 0.6) is 11.5 Å². The molecule has 0 aliphatic carbocycles. The molecule has 2 fully saturated rings. The summed E-state index contributed by atoms with van der Waals surface area (Å²) in [6.07, 6.45) is 10.7. The third kappa shape index (κ3) is 11.8. The fourth-order valence-electron chi connectivity index (χ4n) is 8.15. The van der Waals surface area contributed by atoms with Crippen LogP contribution in [-0.2, 0) is 29.1 Å². The Kier molecular flexibility index (Phi) is 16.0. The zero-order valence-electron chi connectivity index (χ0n) is 36.7. The van der Waals surface area contributed by atoms with E-state index in [2.05, 4.69) is 173 Å². The molecule has 2 N–H and O–H groups in total. The fourth-order valence-corrected chi connectivity index (χ4v) is 10.2. The van der Waals surface area contributed by atoms with E-state index in [0.717, 1.165) is 79.7 Å². The molecule has 0 saturated carbocycles. The molecule has 5 aliphatic heterocycles. The molecule has 0 amide bonds. The van der Waals surface area contributed by atoms with Gasteiger partial charge in [0.2, 0.25) is 0 Å². The Labute approximate surface area is 420 Å². The van der Waals surface area contributed by atoms with E-state index in [1.165, 1.54) is 74.7 Å². The second-order valence-electron chi connectivity index (χ2n) is 16.6. The molecule has 336 valence electrons. The number of aliphatic imine (C=N–C) groups is 3. The Morgan fingerprint density at radius 3 is 1.65 bits per heavy atom. The Bertz CT molecular complexity index is 2730. The number of phenolic OH excluding ortho intramolecular Hbond substituents is 2. The van der Waals surface area contributed by atoms with E-state index >= 15 is 0 Å². The van der Waals surface area contributed by atoms with Crippen LogP contribution in [0.1, 0.15) is 101 Å². The van der Waals surface area contributed by atoms with Gasteiger partial charge in [-0.25, -0.2) is 9.36 Å². The molecule has 2 aromatic heterocycles. The van der Waals surface area contributed by atoms with Crippen molar-refractivity contribution < 1.29 is 19.7 Å². The van der Waals surface area contributed by atoms with E-state index in [0.29, 0.717) is 5.75 Å². The van der Waals surface area contributed by atoms with Gasteiger partial charge in [0.25, 0.3) is 0 Å². The zero-order chi connectivity index (χ0) is 45.5. The molecular formula is C51H52I3N7O4. The van der Waals surface area contributed by atoms with Crippen LogP contribution < -0.4 is 0 Å². The summed E-state index contributed by atoms with van der Waals surface area (Å²) in [5, 5.41) is 29.9. The Hall–Kier alpha value is -4.24. The number of phenols is 2. The zero-order valence-corrected chi connectivity index (χ0v) is 43.2. The lowest BCUT2D eigenvalue weighted by atomic mass is 10.1. The van der Waals surface area contributed by atoms with Crippen molar-refractivity contribution in [1.29, 1.82) is 0 Å². The highest BCUT2D eigenvalue weighted by Gasteiger charge is 2.22. The van der Waals surface area contributed by atoms with Crippen molar-refractivity contribution in [2.24, 2.45) is 15.0 Å². The van der Waals surface area contributed by atoms with E-state index < -0.39 is 0 Å². The first-order chi connectivity index (χ1) is 31.5. The van der Waals surface area contributed by atoms with Gasteiger partial charge in [-0.3, -0.25) is 15.0 Å². The summed E-state index contributed by atoms with van der Waals surface area (Å²) in [6, 6.07) is 30.1. The highest BCUT2D eigenvalue weighted by Crippen LogP contribution is 2.32. The molecule has 5 aromatic carbocycles. The molecule has 2 unspecified atom stereocenters. The molecule has 0 spiro atoms. The Morgan fingerprint density at radius 2 is 1.03 bits per heavy atom. The Balaban J connectivity index is 0.000000113. The number of fused-ring (bicyclic) bond motifs is 5. The maximum atomic E-state index is 9.50. The van der Waals surface area contributed by atoms with Crippen LogP contribution in [0.25, 0.3) is 21.8 Å². The first-order valence-corrected chi connectivity index (χ1v) is 25.2. The number of aromatic hydroxyl groups is 2. The van der Waals surface area contributed by atoms with Crippen molar-refractivity contribution in [2.45, 2.75) is 91.4 Å². The molecule has 2 atom stereocenters. The van der Waals surface area contributed by atoms with Gasteiger partial charge in [0.05, 0.1) is 30.7 Å². The molecule has 65 heavy (non-hydrogen) atoms. The summed E-state index contributed by atoms with van der Waals surface area (Å²) in [4.78, 5) is 12.6. The van der Waals surface area contributed by atoms with Crippen LogP contribution in [0.3, 0.4) is 0 Å². The third-order valence-corrected chi connectivity index (χ3v) is 14.1. The van der Waals surface area contributed by atoms with Crippen LogP contribution in [0.2, 0.25) is 0 Å². The molecule has 0 bridgehead atoms. The van der Waals surface area contributed by atoms with Gasteiger partial charge in [0.15, 0.2) is 12.5 Å². The molecule has 0 radical (unpaired) electrons. The van der Waals surface area contributed by atoms with Gasteiger partial charge in [0, 0.05) is 47.5 Å². The number of halogens is 3. The maximum absolute atomic E-state index is 9.50. The summed E-state index contributed by atoms with van der Waals surface area (Å²) in [5.41, 5.74) is 13.7. The average molecular weight is 1210 g/mol. The standard InChI is InChI=1S/C13H15IN2O.C12H13IN2O2.C9H8IN.C9H9N.C8H7NO/c1-9-5-6-11-10(8-9)13(14)15-16(11)12-4-2-3-7-17-12;13-12-9-7-8(16)4-5-10(9)15(14-12)11-3-1-2-6-17-11;1-6-2-3-7-5-11-9(10)8(7)4-6;1-7-2-3-8-5-10-6-9(8)4-7;10-8-2-1-6-4-9-5-7(6)3-8/h5-6,8,12H,2-4,7H2,1H3;4-5,7,11,16H,1-3,6H2;2-4H,5H2,1H3;2-4,6H,5H2,1H3;1-3,5,10H,4H2. The summed E-state index contributed by atoms with van der Waals surface area (Å²) >= 11 is 6.79. The van der Waals surface area contributed by atoms with Crippen molar-refractivity contribution in [1.82, 2.24) is 19.6 Å². The maximum Gasteiger partial charge on any atom is 0.150 e. The quantitative estimate of drug-likeness (QED) is 0.166. The van der Waals surface area contributed by atoms with Crippen molar-refractivity contribution in [3.63, 3.8) is 0 Å². The minimum absolute atomic E-state index is 0.0410. The fraction of sp³-hybridized carbons (Fsp3) is 0.314. The molecule has 14 heteroatoms. The summed E-state index contributed by atoms with van der Waals surface area (Å²) < 4.78 is 18.7. The number of ether oxygens (including phenoxy) is 2. The second-order valence-corrected chi connectivity index (χ2v) is 19.7. The van der Waals surface area contributed by atoms with Crippen LogP contribution in [0, 0.1) is 28.2 Å². The van der Waals surface area contributed by atoms with E-state index in [1.807, 2.05) is 23.0 Å². The first-order valence-electron chi connectivity index (χ1n) is 22.0. The predicted octanol–water partition coefficient (Wildman–Crippen LogP) is 12.6. The highest BCUT2D eigenvalue weighted by molar-refractivity contribution is 14.1. The van der Waals surface area contributed by atoms with Gasteiger partial charge in [0.1, 0.15) is 22.6 Å². The summed E-state index contributed by atoms with van der Waals surface area (Å²) in [6.45, 7) is 10.5. The van der Waals surface area contributed by atoms with Crippen molar-refractivity contribution >= 4 is 106 Å². The lowest BCUT2D eigenvalue weighted by molar-refractivity contribution is -0.0369.